The van der Waals surface area contributed by atoms with Crippen LogP contribution in [0.3, 0.4) is 0 Å². The van der Waals surface area contributed by atoms with E-state index in [1.54, 1.807) is 5.70 Å². The molecule has 2 heterocycles. The lowest BCUT2D eigenvalue weighted by atomic mass is 9.90. The molecule has 3 atom stereocenters. The first kappa shape index (κ1) is 15.6. The van der Waals surface area contributed by atoms with Gasteiger partial charge in [0.15, 0.2) is 0 Å². The van der Waals surface area contributed by atoms with Crippen LogP contribution in [0.25, 0.3) is 0 Å². The second kappa shape index (κ2) is 6.78. The zero-order valence-electron chi connectivity index (χ0n) is 14.0. The van der Waals surface area contributed by atoms with Crippen molar-refractivity contribution < 1.29 is 0 Å². The van der Waals surface area contributed by atoms with Crippen LogP contribution >= 0.6 is 0 Å². The van der Waals surface area contributed by atoms with E-state index in [0.29, 0.717) is 17.9 Å². The van der Waals surface area contributed by atoms with Crippen molar-refractivity contribution in [1.29, 1.82) is 0 Å². The Kier molecular flexibility index (Phi) is 5.29. The number of aliphatic imine (C=N–C) groups is 1. The summed E-state index contributed by atoms with van der Waals surface area (Å²) in [6, 6.07) is 0.672. The lowest BCUT2D eigenvalue weighted by Crippen LogP contribution is -2.32. The van der Waals surface area contributed by atoms with Crippen LogP contribution in [0.2, 0.25) is 0 Å². The molecule has 2 aliphatic rings. The molecule has 0 N–H and O–H groups in total. The van der Waals surface area contributed by atoms with Crippen LogP contribution in [0.15, 0.2) is 16.8 Å². The van der Waals surface area contributed by atoms with Crippen LogP contribution < -0.4 is 0 Å². The fraction of sp³-hybridized carbons (Fsp3) is 0.833. The van der Waals surface area contributed by atoms with Crippen molar-refractivity contribution in [2.24, 2.45) is 22.7 Å². The summed E-state index contributed by atoms with van der Waals surface area (Å²) in [4.78, 5) is 7.36. The van der Waals surface area contributed by atoms with Crippen LogP contribution in [0, 0.1) is 17.8 Å². The molecule has 0 bridgehead atoms. The molecular weight excluding hydrogens is 244 g/mol. The van der Waals surface area contributed by atoms with E-state index in [-0.39, 0.29) is 0 Å². The first-order valence-electron chi connectivity index (χ1n) is 8.51. The third kappa shape index (κ3) is 3.45. The molecule has 2 heteroatoms. The molecule has 0 saturated carbocycles. The molecule has 0 aromatic heterocycles. The van der Waals surface area contributed by atoms with Crippen molar-refractivity contribution in [1.82, 2.24) is 4.90 Å². The van der Waals surface area contributed by atoms with Gasteiger partial charge in [0, 0.05) is 30.5 Å². The number of hydrogen-bond donors (Lipinski definition) is 0. The lowest BCUT2D eigenvalue weighted by molar-refractivity contribution is 0.249. The highest BCUT2D eigenvalue weighted by molar-refractivity contribution is 5.89. The van der Waals surface area contributed by atoms with E-state index in [1.807, 2.05) is 0 Å². The first-order valence-corrected chi connectivity index (χ1v) is 8.51. The predicted octanol–water partition coefficient (Wildman–Crippen LogP) is 4.52. The minimum Gasteiger partial charge on any atom is -0.372 e. The molecular formula is C18H32N2. The van der Waals surface area contributed by atoms with Gasteiger partial charge < -0.3 is 4.90 Å². The van der Waals surface area contributed by atoms with E-state index in [4.69, 9.17) is 4.99 Å². The molecule has 0 aliphatic carbocycles. The highest BCUT2D eigenvalue weighted by Gasteiger charge is 2.25. The second-order valence-electron chi connectivity index (χ2n) is 7.09. The topological polar surface area (TPSA) is 15.6 Å². The average molecular weight is 276 g/mol. The number of allylic oxidation sites excluding steroid dienone is 1. The summed E-state index contributed by atoms with van der Waals surface area (Å²) in [5, 5.41) is 0. The smallest absolute Gasteiger partial charge is 0.0395 e. The van der Waals surface area contributed by atoms with Crippen molar-refractivity contribution in [2.45, 2.75) is 66.3 Å². The maximum atomic E-state index is 4.73. The Hall–Kier alpha value is -0.790. The summed E-state index contributed by atoms with van der Waals surface area (Å²) in [5.41, 5.74) is 3.05. The van der Waals surface area contributed by atoms with Gasteiger partial charge in [-0.3, -0.25) is 4.99 Å². The minimum atomic E-state index is 0.664. The molecule has 0 radical (unpaired) electrons. The van der Waals surface area contributed by atoms with Crippen molar-refractivity contribution in [3.63, 3.8) is 0 Å². The third-order valence-corrected chi connectivity index (χ3v) is 5.06. The fourth-order valence-electron chi connectivity index (χ4n) is 3.77. The summed E-state index contributed by atoms with van der Waals surface area (Å²) in [6.07, 6.45) is 7.51. The standard InChI is InChI=1S/C18H32N2/c1-13(2)17-7-6-12-20(17)16(5)9-8-14(3)18-15(4)10-11-19-18/h7,13-16H,6,8-12H2,1-5H3. The molecule has 0 spiro atoms. The van der Waals surface area contributed by atoms with Crippen LogP contribution in [0.1, 0.15) is 60.3 Å². The Morgan fingerprint density at radius 3 is 2.60 bits per heavy atom. The van der Waals surface area contributed by atoms with Gasteiger partial charge in [0.25, 0.3) is 0 Å². The Labute approximate surface area is 125 Å². The molecule has 20 heavy (non-hydrogen) atoms. The summed E-state index contributed by atoms with van der Waals surface area (Å²) in [5.74, 6) is 2.05. The first-order chi connectivity index (χ1) is 9.50. The molecule has 0 aromatic carbocycles. The normalized spacial score (nSPS) is 25.9. The van der Waals surface area contributed by atoms with Gasteiger partial charge in [0.1, 0.15) is 0 Å². The van der Waals surface area contributed by atoms with Crippen molar-refractivity contribution >= 4 is 5.71 Å². The number of hydrogen-bond acceptors (Lipinski definition) is 2. The monoisotopic (exact) mass is 276 g/mol. The van der Waals surface area contributed by atoms with Gasteiger partial charge in [-0.15, -0.1) is 0 Å². The number of rotatable bonds is 6. The predicted molar refractivity (Wildman–Crippen MR) is 88.2 cm³/mol. The summed E-state index contributed by atoms with van der Waals surface area (Å²) < 4.78 is 0. The van der Waals surface area contributed by atoms with Crippen LogP contribution in [-0.2, 0) is 0 Å². The van der Waals surface area contributed by atoms with Crippen molar-refractivity contribution in [3.8, 4) is 0 Å². The molecule has 0 aromatic rings. The second-order valence-corrected chi connectivity index (χ2v) is 7.09. The van der Waals surface area contributed by atoms with Crippen molar-refractivity contribution in [3.05, 3.63) is 11.8 Å². The highest BCUT2D eigenvalue weighted by Crippen LogP contribution is 2.28. The highest BCUT2D eigenvalue weighted by atomic mass is 15.2. The largest absolute Gasteiger partial charge is 0.372 e. The third-order valence-electron chi connectivity index (χ3n) is 5.06. The quantitative estimate of drug-likeness (QED) is 0.696. The Balaban J connectivity index is 1.83. The van der Waals surface area contributed by atoms with Gasteiger partial charge >= 0.3 is 0 Å². The zero-order valence-corrected chi connectivity index (χ0v) is 14.0. The summed E-state index contributed by atoms with van der Waals surface area (Å²) in [7, 11) is 0. The molecule has 2 nitrogen and oxygen atoms in total. The van der Waals surface area contributed by atoms with Gasteiger partial charge in [-0.1, -0.05) is 33.8 Å². The van der Waals surface area contributed by atoms with Gasteiger partial charge in [-0.05, 0) is 50.4 Å². The molecule has 0 fully saturated rings. The van der Waals surface area contributed by atoms with E-state index >= 15 is 0 Å². The van der Waals surface area contributed by atoms with E-state index in [1.165, 1.54) is 37.9 Å². The van der Waals surface area contributed by atoms with E-state index in [2.05, 4.69) is 45.6 Å². The van der Waals surface area contributed by atoms with E-state index < -0.39 is 0 Å². The molecule has 114 valence electrons. The van der Waals surface area contributed by atoms with Gasteiger partial charge in [0.2, 0.25) is 0 Å². The SMILES string of the molecule is CC(C)C1=CCCN1C(C)CCC(C)C1=NCCC1C. The molecule has 2 rings (SSSR count). The zero-order chi connectivity index (χ0) is 14.7. The maximum Gasteiger partial charge on any atom is 0.0395 e. The minimum absolute atomic E-state index is 0.664. The molecule has 0 saturated heterocycles. The molecule has 3 unspecified atom stereocenters. The van der Waals surface area contributed by atoms with Crippen molar-refractivity contribution in [2.75, 3.05) is 13.1 Å². The van der Waals surface area contributed by atoms with Crippen LogP contribution in [-0.4, -0.2) is 29.7 Å². The Bertz CT molecular complexity index is 381. The maximum absolute atomic E-state index is 4.73. The van der Waals surface area contributed by atoms with E-state index in [0.717, 1.165) is 12.5 Å². The van der Waals surface area contributed by atoms with Crippen LogP contribution in [0.5, 0.6) is 0 Å². The van der Waals surface area contributed by atoms with Crippen LogP contribution in [0.4, 0.5) is 0 Å². The summed E-state index contributed by atoms with van der Waals surface area (Å²) >= 11 is 0. The molecule has 2 aliphatic heterocycles. The number of nitrogens with zero attached hydrogens (tertiary/aromatic N) is 2. The fourth-order valence-corrected chi connectivity index (χ4v) is 3.77. The van der Waals surface area contributed by atoms with Gasteiger partial charge in [-0.25, -0.2) is 0 Å². The van der Waals surface area contributed by atoms with E-state index in [9.17, 15) is 0 Å². The van der Waals surface area contributed by atoms with Gasteiger partial charge in [-0.2, -0.15) is 0 Å². The summed E-state index contributed by atoms with van der Waals surface area (Å²) in [6.45, 7) is 14.0. The van der Waals surface area contributed by atoms with Gasteiger partial charge in [0.05, 0.1) is 0 Å². The Morgan fingerprint density at radius 1 is 1.25 bits per heavy atom. The lowest BCUT2D eigenvalue weighted by Gasteiger charge is -2.32. The molecule has 0 amide bonds. The Morgan fingerprint density at radius 2 is 2.00 bits per heavy atom. The average Bonchev–Trinajstić information content (AvgIpc) is 3.03.